The molecule has 1 aromatic rings. The third-order valence-electron chi connectivity index (χ3n) is 3.53. The van der Waals surface area contributed by atoms with Crippen LogP contribution in [0, 0.1) is 0 Å². The topological polar surface area (TPSA) is 76.7 Å². The number of rotatable bonds is 7. The minimum Gasteiger partial charge on any atom is -0.486 e. The van der Waals surface area contributed by atoms with E-state index in [9.17, 15) is 4.79 Å². The molecule has 0 aromatic heterocycles. The predicted octanol–water partition coefficient (Wildman–Crippen LogP) is 3.82. The summed E-state index contributed by atoms with van der Waals surface area (Å²) in [6.07, 6.45) is 3.61. The van der Waals surface area contributed by atoms with Gasteiger partial charge in [0, 0.05) is 24.0 Å². The van der Waals surface area contributed by atoms with Gasteiger partial charge in [-0.3, -0.25) is 9.79 Å². The van der Waals surface area contributed by atoms with Crippen molar-refractivity contribution in [2.75, 3.05) is 19.0 Å². The maximum Gasteiger partial charge on any atom is 0.167 e. The van der Waals surface area contributed by atoms with Crippen molar-refractivity contribution >= 4 is 17.3 Å². The van der Waals surface area contributed by atoms with Crippen LogP contribution >= 0.6 is 0 Å². The summed E-state index contributed by atoms with van der Waals surface area (Å²) in [7, 11) is 1.72. The number of Topliss-reactive ketones (excluding diaryl/α,β-unsaturated/α-hetero) is 1. The number of carbonyl (C=O) groups excluding carboxylic acids is 1. The minimum absolute atomic E-state index is 0.0300. The molecular formula is C20H27N3O2. The number of anilines is 1. The highest BCUT2D eigenvalue weighted by molar-refractivity contribution is 6.08. The molecule has 5 heteroatoms. The Hall–Kier alpha value is -2.82. The van der Waals surface area contributed by atoms with Gasteiger partial charge in [-0.05, 0) is 57.6 Å². The summed E-state index contributed by atoms with van der Waals surface area (Å²) in [6.45, 7) is 7.19. The van der Waals surface area contributed by atoms with Crippen LogP contribution in [0.4, 0.5) is 5.69 Å². The molecule has 0 unspecified atom stereocenters. The van der Waals surface area contributed by atoms with Crippen molar-refractivity contribution < 1.29 is 9.53 Å². The molecule has 0 atom stereocenters. The summed E-state index contributed by atoms with van der Waals surface area (Å²) in [5.74, 6) is 1.27. The van der Waals surface area contributed by atoms with Crippen LogP contribution in [0.25, 0.3) is 0 Å². The van der Waals surface area contributed by atoms with Gasteiger partial charge in [-0.15, -0.1) is 0 Å². The standard InChI is InChI=1S/C20H27N3O2/c1-6-18(25-13-15(3)24)12-14(2)19(21)16(4)20(22-5)23-17-10-8-7-9-11-17/h6-12H,13,21H2,1-5H3,(H,22,23)/b14-12+,18-6-,19-16?. The van der Waals surface area contributed by atoms with Gasteiger partial charge in [0.2, 0.25) is 0 Å². The number of ketones is 1. The first-order valence-corrected chi connectivity index (χ1v) is 8.11. The van der Waals surface area contributed by atoms with Crippen molar-refractivity contribution in [3.63, 3.8) is 0 Å². The fraction of sp³-hybridized carbons (Fsp3) is 0.300. The van der Waals surface area contributed by atoms with Crippen LogP contribution < -0.4 is 11.1 Å². The fourth-order valence-electron chi connectivity index (χ4n) is 2.08. The number of benzene rings is 1. The number of nitrogens with one attached hydrogen (secondary N) is 1. The number of aliphatic imine (C=N–C) groups is 1. The van der Waals surface area contributed by atoms with Gasteiger partial charge in [-0.25, -0.2) is 0 Å². The molecule has 0 saturated heterocycles. The summed E-state index contributed by atoms with van der Waals surface area (Å²) in [6, 6.07) is 9.79. The Bertz CT molecular complexity index is 714. The van der Waals surface area contributed by atoms with Gasteiger partial charge < -0.3 is 15.8 Å². The summed E-state index contributed by atoms with van der Waals surface area (Å²) in [4.78, 5) is 15.4. The zero-order valence-electron chi connectivity index (χ0n) is 15.6. The van der Waals surface area contributed by atoms with E-state index < -0.39 is 0 Å². The number of ether oxygens (including phenoxy) is 1. The molecule has 1 rings (SSSR count). The highest BCUT2D eigenvalue weighted by atomic mass is 16.5. The van der Waals surface area contributed by atoms with Crippen LogP contribution in [0.3, 0.4) is 0 Å². The van der Waals surface area contributed by atoms with Crippen molar-refractivity contribution in [3.8, 4) is 0 Å². The fourth-order valence-corrected chi connectivity index (χ4v) is 2.08. The van der Waals surface area contributed by atoms with Gasteiger partial charge in [0.25, 0.3) is 0 Å². The zero-order chi connectivity index (χ0) is 18.8. The van der Waals surface area contributed by atoms with Crippen molar-refractivity contribution in [2.24, 2.45) is 10.7 Å². The molecule has 0 aliphatic heterocycles. The maximum absolute atomic E-state index is 11.1. The molecular weight excluding hydrogens is 314 g/mol. The van der Waals surface area contributed by atoms with E-state index >= 15 is 0 Å². The van der Waals surface area contributed by atoms with Crippen LogP contribution in [0.15, 0.2) is 70.1 Å². The number of amidine groups is 1. The molecule has 0 radical (unpaired) electrons. The zero-order valence-corrected chi connectivity index (χ0v) is 15.6. The van der Waals surface area contributed by atoms with E-state index in [1.54, 1.807) is 13.1 Å². The highest BCUT2D eigenvalue weighted by Crippen LogP contribution is 2.16. The van der Waals surface area contributed by atoms with Crippen molar-refractivity contribution in [1.29, 1.82) is 0 Å². The van der Waals surface area contributed by atoms with Crippen LogP contribution in [0.1, 0.15) is 27.7 Å². The molecule has 0 aliphatic rings. The number of hydrogen-bond acceptors (Lipinski definition) is 4. The molecule has 0 amide bonds. The van der Waals surface area contributed by atoms with Gasteiger partial charge in [0.1, 0.15) is 18.2 Å². The van der Waals surface area contributed by atoms with E-state index in [2.05, 4.69) is 10.3 Å². The Morgan fingerprint density at radius 3 is 2.40 bits per heavy atom. The molecule has 0 bridgehead atoms. The van der Waals surface area contributed by atoms with Gasteiger partial charge >= 0.3 is 0 Å². The average Bonchev–Trinajstić information content (AvgIpc) is 2.62. The molecule has 0 spiro atoms. The Kier molecular flexibility index (Phi) is 8.19. The summed E-state index contributed by atoms with van der Waals surface area (Å²) in [5.41, 5.74) is 9.51. The number of nitrogens with two attached hydrogens (primary N) is 1. The number of allylic oxidation sites excluding steroid dienone is 3. The Balaban J connectivity index is 3.00. The second kappa shape index (κ2) is 10.1. The first-order valence-electron chi connectivity index (χ1n) is 8.11. The lowest BCUT2D eigenvalue weighted by Gasteiger charge is -2.14. The third kappa shape index (κ3) is 6.67. The lowest BCUT2D eigenvalue weighted by molar-refractivity contribution is -0.120. The summed E-state index contributed by atoms with van der Waals surface area (Å²) in [5, 5.41) is 3.27. The molecule has 0 heterocycles. The van der Waals surface area contributed by atoms with Crippen molar-refractivity contribution in [2.45, 2.75) is 27.7 Å². The smallest absolute Gasteiger partial charge is 0.167 e. The second-order valence-electron chi connectivity index (χ2n) is 5.61. The highest BCUT2D eigenvalue weighted by Gasteiger charge is 2.09. The third-order valence-corrected chi connectivity index (χ3v) is 3.53. The average molecular weight is 341 g/mol. The van der Waals surface area contributed by atoms with Gasteiger partial charge in [0.15, 0.2) is 5.78 Å². The van der Waals surface area contributed by atoms with Crippen LogP contribution in [0.2, 0.25) is 0 Å². The predicted molar refractivity (Wildman–Crippen MR) is 104 cm³/mol. The van der Waals surface area contributed by atoms with Crippen LogP contribution in [-0.4, -0.2) is 25.3 Å². The van der Waals surface area contributed by atoms with E-state index in [0.29, 0.717) is 17.3 Å². The van der Waals surface area contributed by atoms with Gasteiger partial charge in [0.05, 0.1) is 0 Å². The Morgan fingerprint density at radius 1 is 1.24 bits per heavy atom. The van der Waals surface area contributed by atoms with Crippen molar-refractivity contribution in [3.05, 3.63) is 65.1 Å². The molecule has 5 nitrogen and oxygen atoms in total. The normalized spacial score (nSPS) is 14.0. The SMILES string of the molecule is C/C=C(/C=C(\C)C(N)=C(C)C(=NC)Nc1ccccc1)OCC(C)=O. The molecule has 0 fully saturated rings. The molecule has 0 aliphatic carbocycles. The lowest BCUT2D eigenvalue weighted by Crippen LogP contribution is -2.18. The number of hydrogen-bond donors (Lipinski definition) is 2. The molecule has 1 aromatic carbocycles. The quantitative estimate of drug-likeness (QED) is 0.342. The lowest BCUT2D eigenvalue weighted by atomic mass is 10.1. The summed E-state index contributed by atoms with van der Waals surface area (Å²) >= 11 is 0. The van der Waals surface area contributed by atoms with E-state index in [1.807, 2.05) is 57.2 Å². The monoisotopic (exact) mass is 341 g/mol. The molecule has 25 heavy (non-hydrogen) atoms. The largest absolute Gasteiger partial charge is 0.486 e. The number of carbonyl (C=O) groups is 1. The number of nitrogens with zero attached hydrogens (tertiary/aromatic N) is 1. The van der Waals surface area contributed by atoms with Gasteiger partial charge in [-0.1, -0.05) is 18.2 Å². The minimum atomic E-state index is -0.0300. The first-order chi connectivity index (χ1) is 11.9. The van der Waals surface area contributed by atoms with Crippen LogP contribution in [0.5, 0.6) is 0 Å². The van der Waals surface area contributed by atoms with Crippen LogP contribution in [-0.2, 0) is 9.53 Å². The Morgan fingerprint density at radius 2 is 1.88 bits per heavy atom. The molecule has 134 valence electrons. The number of para-hydroxylation sites is 1. The van der Waals surface area contributed by atoms with Gasteiger partial charge in [-0.2, -0.15) is 0 Å². The maximum atomic E-state index is 11.1. The van der Waals surface area contributed by atoms with E-state index in [0.717, 1.165) is 16.8 Å². The molecule has 0 saturated carbocycles. The van der Waals surface area contributed by atoms with Crippen molar-refractivity contribution in [1.82, 2.24) is 0 Å². The summed E-state index contributed by atoms with van der Waals surface area (Å²) < 4.78 is 5.45. The van der Waals surface area contributed by atoms with E-state index in [4.69, 9.17) is 10.5 Å². The molecule has 3 N–H and O–H groups in total. The Labute approximate surface area is 150 Å². The first kappa shape index (κ1) is 20.2. The second-order valence-corrected chi connectivity index (χ2v) is 5.61. The van der Waals surface area contributed by atoms with E-state index in [-0.39, 0.29) is 12.4 Å². The van der Waals surface area contributed by atoms with E-state index in [1.165, 1.54) is 6.92 Å².